The van der Waals surface area contributed by atoms with Crippen molar-refractivity contribution in [2.45, 2.75) is 44.0 Å². The van der Waals surface area contributed by atoms with Crippen molar-refractivity contribution in [3.8, 4) is 11.5 Å². The molecule has 0 saturated carbocycles. The average molecular weight is 527 g/mol. The summed E-state index contributed by atoms with van der Waals surface area (Å²) in [6.45, 7) is 8.39. The molecule has 0 fully saturated rings. The number of nitrogens with one attached hydrogen (secondary N) is 1. The molecule has 0 saturated heterocycles. The molecule has 37 heavy (non-hydrogen) atoms. The van der Waals surface area contributed by atoms with Gasteiger partial charge in [-0.15, -0.1) is 0 Å². The number of halogens is 1. The molecule has 0 radical (unpaired) electrons. The number of amides is 1. The van der Waals surface area contributed by atoms with Crippen LogP contribution in [0.15, 0.2) is 71.6 Å². The number of carbonyl (C=O) groups excluding carboxylic acids is 1. The first-order valence-corrected chi connectivity index (χ1v) is 13.5. The maximum atomic E-state index is 13.7. The molecule has 1 N–H and O–H groups in total. The van der Waals surface area contributed by atoms with Crippen molar-refractivity contribution in [2.75, 3.05) is 24.1 Å². The predicted molar refractivity (Wildman–Crippen MR) is 140 cm³/mol. The van der Waals surface area contributed by atoms with Gasteiger partial charge >= 0.3 is 0 Å². The Hall–Kier alpha value is -3.59. The van der Waals surface area contributed by atoms with Gasteiger partial charge in [-0.1, -0.05) is 45.0 Å². The molecule has 0 aromatic heterocycles. The molecule has 3 aromatic carbocycles. The second-order valence-corrected chi connectivity index (χ2v) is 11.8. The summed E-state index contributed by atoms with van der Waals surface area (Å²) in [5, 5.41) is 2.88. The molecule has 1 aliphatic rings. The molecule has 1 amide bonds. The van der Waals surface area contributed by atoms with E-state index in [0.717, 1.165) is 22.0 Å². The van der Waals surface area contributed by atoms with E-state index in [2.05, 4.69) is 26.1 Å². The zero-order valence-electron chi connectivity index (χ0n) is 21.3. The summed E-state index contributed by atoms with van der Waals surface area (Å²) in [5.41, 5.74) is 2.23. The Morgan fingerprint density at radius 2 is 1.59 bits per heavy atom. The van der Waals surface area contributed by atoms with Crippen LogP contribution in [0.3, 0.4) is 0 Å². The highest BCUT2D eigenvalue weighted by Crippen LogP contribution is 2.34. The van der Waals surface area contributed by atoms with Gasteiger partial charge in [-0.3, -0.25) is 9.10 Å². The Bertz CT molecular complexity index is 1370. The molecule has 0 spiro atoms. The van der Waals surface area contributed by atoms with Crippen LogP contribution in [-0.4, -0.2) is 34.1 Å². The van der Waals surface area contributed by atoms with Gasteiger partial charge < -0.3 is 14.8 Å². The van der Waals surface area contributed by atoms with Gasteiger partial charge in [0.2, 0.25) is 5.91 Å². The number of hydrogen-bond acceptors (Lipinski definition) is 5. The van der Waals surface area contributed by atoms with Crippen LogP contribution in [-0.2, 0) is 20.2 Å². The number of ether oxygens (including phenoxy) is 2. The highest BCUT2D eigenvalue weighted by atomic mass is 32.2. The van der Waals surface area contributed by atoms with Gasteiger partial charge in [-0.2, -0.15) is 0 Å². The summed E-state index contributed by atoms with van der Waals surface area (Å²) in [6.07, 6.45) is 0. The Kier molecular flexibility index (Phi) is 7.45. The number of carbonyl (C=O) groups is 1. The molecule has 0 aliphatic carbocycles. The van der Waals surface area contributed by atoms with E-state index in [-0.39, 0.29) is 22.0 Å². The van der Waals surface area contributed by atoms with Crippen molar-refractivity contribution in [3.05, 3.63) is 83.7 Å². The van der Waals surface area contributed by atoms with Crippen LogP contribution in [0, 0.1) is 5.82 Å². The van der Waals surface area contributed by atoms with Crippen LogP contribution in [0.4, 0.5) is 10.1 Å². The van der Waals surface area contributed by atoms with Crippen molar-refractivity contribution in [1.29, 1.82) is 0 Å². The topological polar surface area (TPSA) is 84.9 Å². The highest BCUT2D eigenvalue weighted by molar-refractivity contribution is 7.92. The van der Waals surface area contributed by atoms with Gasteiger partial charge in [-0.05, 0) is 59.9 Å². The van der Waals surface area contributed by atoms with Crippen LogP contribution >= 0.6 is 0 Å². The summed E-state index contributed by atoms with van der Waals surface area (Å²) in [4.78, 5) is 13.0. The summed E-state index contributed by atoms with van der Waals surface area (Å²) < 4.78 is 53.0. The van der Waals surface area contributed by atoms with Gasteiger partial charge in [0.05, 0.1) is 16.6 Å². The van der Waals surface area contributed by atoms with Crippen LogP contribution in [0.25, 0.3) is 0 Å². The number of fused-ring (bicyclic) bond motifs is 1. The van der Waals surface area contributed by atoms with Gasteiger partial charge in [0.15, 0.2) is 11.5 Å². The van der Waals surface area contributed by atoms with E-state index in [1.807, 2.05) is 31.2 Å². The fourth-order valence-corrected chi connectivity index (χ4v) is 5.44. The van der Waals surface area contributed by atoms with E-state index >= 15 is 0 Å². The number of benzene rings is 3. The largest absolute Gasteiger partial charge is 0.486 e. The molecule has 1 heterocycles. The third kappa shape index (κ3) is 6.05. The summed E-state index contributed by atoms with van der Waals surface area (Å²) >= 11 is 0. The number of hydrogen-bond donors (Lipinski definition) is 1. The second kappa shape index (κ2) is 10.4. The second-order valence-electron chi connectivity index (χ2n) is 9.95. The lowest BCUT2D eigenvalue weighted by Crippen LogP contribution is -2.41. The SMILES string of the molecule is CC(NC(=O)CN(c1ccc(F)cc1)S(=O)(=O)c1ccc2c(c1)OCCO2)c1ccc(C(C)(C)C)cc1. The molecule has 1 aliphatic heterocycles. The first-order chi connectivity index (χ1) is 17.4. The Morgan fingerprint density at radius 1 is 0.973 bits per heavy atom. The fourth-order valence-electron chi connectivity index (χ4n) is 4.01. The third-order valence-corrected chi connectivity index (χ3v) is 7.93. The normalized spacial score (nSPS) is 14.1. The molecule has 7 nitrogen and oxygen atoms in total. The molecule has 4 rings (SSSR count). The Morgan fingerprint density at radius 3 is 2.22 bits per heavy atom. The molecule has 3 aromatic rings. The van der Waals surface area contributed by atoms with E-state index in [1.165, 1.54) is 35.9 Å². The Labute approximate surface area is 217 Å². The fraction of sp³-hybridized carbons (Fsp3) is 0.321. The minimum absolute atomic E-state index is 0.00286. The zero-order valence-corrected chi connectivity index (χ0v) is 22.1. The lowest BCUT2D eigenvalue weighted by Gasteiger charge is -2.26. The van der Waals surface area contributed by atoms with Crippen LogP contribution in [0.2, 0.25) is 0 Å². The molecular weight excluding hydrogens is 495 g/mol. The Balaban J connectivity index is 1.58. The van der Waals surface area contributed by atoms with Crippen LogP contribution in [0.5, 0.6) is 11.5 Å². The lowest BCUT2D eigenvalue weighted by molar-refractivity contribution is -0.120. The first-order valence-electron chi connectivity index (χ1n) is 12.0. The maximum Gasteiger partial charge on any atom is 0.264 e. The molecule has 0 bridgehead atoms. The molecule has 1 atom stereocenters. The van der Waals surface area contributed by atoms with E-state index < -0.39 is 28.3 Å². The van der Waals surface area contributed by atoms with E-state index in [4.69, 9.17) is 9.47 Å². The van der Waals surface area contributed by atoms with Gasteiger partial charge in [0.25, 0.3) is 10.0 Å². The van der Waals surface area contributed by atoms with Gasteiger partial charge in [0.1, 0.15) is 25.6 Å². The number of rotatable bonds is 7. The van der Waals surface area contributed by atoms with Crippen LogP contribution < -0.4 is 19.1 Å². The summed E-state index contributed by atoms with van der Waals surface area (Å²) in [5.74, 6) is -0.263. The number of sulfonamides is 1. The van der Waals surface area contributed by atoms with E-state index in [1.54, 1.807) is 0 Å². The van der Waals surface area contributed by atoms with Crippen molar-refractivity contribution in [2.24, 2.45) is 0 Å². The smallest absolute Gasteiger partial charge is 0.264 e. The molecule has 1 unspecified atom stereocenters. The maximum absolute atomic E-state index is 13.7. The first kappa shape index (κ1) is 26.5. The standard InChI is InChI=1S/C28H31FN2O5S/c1-19(20-5-7-21(8-6-20)28(2,3)4)30-27(32)18-31(23-11-9-22(29)10-12-23)37(33,34)24-13-14-25-26(17-24)36-16-15-35-25/h5-14,17,19H,15-16,18H2,1-4H3,(H,30,32). The third-order valence-electron chi connectivity index (χ3n) is 6.16. The van der Waals surface area contributed by atoms with Crippen molar-refractivity contribution >= 4 is 21.6 Å². The van der Waals surface area contributed by atoms with Crippen molar-refractivity contribution in [3.63, 3.8) is 0 Å². The molecule has 9 heteroatoms. The van der Waals surface area contributed by atoms with E-state index in [0.29, 0.717) is 24.7 Å². The summed E-state index contributed by atoms with van der Waals surface area (Å²) in [7, 11) is -4.20. The van der Waals surface area contributed by atoms with Crippen molar-refractivity contribution < 1.29 is 27.1 Å². The zero-order chi connectivity index (χ0) is 26.8. The number of nitrogens with zero attached hydrogens (tertiary/aromatic N) is 1. The summed E-state index contributed by atoms with van der Waals surface area (Å²) in [6, 6.07) is 16.8. The predicted octanol–water partition coefficient (Wildman–Crippen LogP) is 4.97. The van der Waals surface area contributed by atoms with Gasteiger partial charge in [0, 0.05) is 6.07 Å². The monoisotopic (exact) mass is 526 g/mol. The lowest BCUT2D eigenvalue weighted by atomic mass is 9.86. The van der Waals surface area contributed by atoms with Crippen LogP contribution in [0.1, 0.15) is 44.9 Å². The molecule has 196 valence electrons. The minimum atomic E-state index is -4.20. The highest BCUT2D eigenvalue weighted by Gasteiger charge is 2.29. The average Bonchev–Trinajstić information content (AvgIpc) is 2.87. The minimum Gasteiger partial charge on any atom is -0.486 e. The quantitative estimate of drug-likeness (QED) is 0.470. The number of anilines is 1. The van der Waals surface area contributed by atoms with Gasteiger partial charge in [-0.25, -0.2) is 12.8 Å². The molecular formula is C28H31FN2O5S. The van der Waals surface area contributed by atoms with Crippen molar-refractivity contribution in [1.82, 2.24) is 5.32 Å². The van der Waals surface area contributed by atoms with E-state index in [9.17, 15) is 17.6 Å².